The van der Waals surface area contributed by atoms with E-state index in [9.17, 15) is 0 Å². The van der Waals surface area contributed by atoms with Crippen LogP contribution in [-0.2, 0) is 6.42 Å². The van der Waals surface area contributed by atoms with E-state index >= 15 is 0 Å². The second-order valence-electron chi connectivity index (χ2n) is 4.10. The molecule has 0 fully saturated rings. The Morgan fingerprint density at radius 3 is 2.93 bits per heavy atom. The predicted molar refractivity (Wildman–Crippen MR) is 63.7 cm³/mol. The molecule has 78 valence electrons. The molecule has 0 spiro atoms. The first kappa shape index (κ1) is 10.1. The second kappa shape index (κ2) is 4.41. The van der Waals surface area contributed by atoms with Crippen LogP contribution >= 0.6 is 0 Å². The number of pyridine rings is 1. The maximum Gasteiger partial charge on any atom is 0.0346 e. The molecule has 0 aliphatic rings. The van der Waals surface area contributed by atoms with E-state index in [2.05, 4.69) is 30.1 Å². The minimum absolute atomic E-state index is 0.541. The molecule has 15 heavy (non-hydrogen) atoms. The fourth-order valence-electron chi connectivity index (χ4n) is 1.75. The van der Waals surface area contributed by atoms with Crippen molar-refractivity contribution in [2.45, 2.75) is 13.3 Å². The fourth-order valence-corrected chi connectivity index (χ4v) is 1.75. The van der Waals surface area contributed by atoms with E-state index in [-0.39, 0.29) is 0 Å². The summed E-state index contributed by atoms with van der Waals surface area (Å²) in [4.78, 5) is 4.13. The Balaban J connectivity index is 2.30. The maximum absolute atomic E-state index is 5.62. The quantitative estimate of drug-likeness (QED) is 0.826. The number of aromatic nitrogens is 1. The number of benzene rings is 1. The van der Waals surface area contributed by atoms with E-state index in [1.54, 1.807) is 0 Å². The van der Waals surface area contributed by atoms with Gasteiger partial charge in [-0.3, -0.25) is 4.98 Å². The maximum atomic E-state index is 5.62. The summed E-state index contributed by atoms with van der Waals surface area (Å²) < 4.78 is 0. The predicted octanol–water partition coefficient (Wildman–Crippen LogP) is 2.37. The van der Waals surface area contributed by atoms with E-state index in [1.807, 2.05) is 18.5 Å². The molecule has 2 rings (SSSR count). The SMILES string of the molecule is CC(CN)Cc1ccc2ccncc2c1. The van der Waals surface area contributed by atoms with Crippen molar-refractivity contribution in [1.82, 2.24) is 4.98 Å². The van der Waals surface area contributed by atoms with Gasteiger partial charge in [-0.15, -0.1) is 0 Å². The number of nitrogens with two attached hydrogens (primary N) is 1. The number of rotatable bonds is 3. The highest BCUT2D eigenvalue weighted by atomic mass is 14.6. The lowest BCUT2D eigenvalue weighted by Crippen LogP contribution is -2.12. The average Bonchev–Trinajstić information content (AvgIpc) is 2.29. The Morgan fingerprint density at radius 2 is 2.13 bits per heavy atom. The standard InChI is InChI=1S/C13H16N2/c1-10(8-14)6-11-2-3-12-4-5-15-9-13(12)7-11/h2-5,7,9-10H,6,8,14H2,1H3. The average molecular weight is 200 g/mol. The molecule has 2 aromatic rings. The molecule has 0 saturated carbocycles. The highest BCUT2D eigenvalue weighted by Crippen LogP contribution is 2.16. The molecule has 0 aliphatic heterocycles. The van der Waals surface area contributed by atoms with E-state index in [0.717, 1.165) is 13.0 Å². The summed E-state index contributed by atoms with van der Waals surface area (Å²) >= 11 is 0. The topological polar surface area (TPSA) is 38.9 Å². The van der Waals surface area contributed by atoms with Crippen LogP contribution < -0.4 is 5.73 Å². The van der Waals surface area contributed by atoms with Gasteiger partial charge in [0, 0.05) is 17.8 Å². The minimum Gasteiger partial charge on any atom is -0.330 e. The van der Waals surface area contributed by atoms with Crippen molar-refractivity contribution in [3.05, 3.63) is 42.2 Å². The number of fused-ring (bicyclic) bond motifs is 1. The first-order valence-corrected chi connectivity index (χ1v) is 5.32. The molecule has 0 saturated heterocycles. The van der Waals surface area contributed by atoms with Crippen molar-refractivity contribution >= 4 is 10.8 Å². The summed E-state index contributed by atoms with van der Waals surface area (Å²) in [5.74, 6) is 0.541. The lowest BCUT2D eigenvalue weighted by molar-refractivity contribution is 0.593. The molecule has 1 heterocycles. The van der Waals surface area contributed by atoms with Crippen molar-refractivity contribution in [3.63, 3.8) is 0 Å². The van der Waals surface area contributed by atoms with Crippen molar-refractivity contribution in [2.24, 2.45) is 11.7 Å². The third-order valence-corrected chi connectivity index (χ3v) is 2.69. The van der Waals surface area contributed by atoms with Crippen molar-refractivity contribution in [3.8, 4) is 0 Å². The zero-order chi connectivity index (χ0) is 10.7. The number of hydrogen-bond donors (Lipinski definition) is 1. The molecular formula is C13H16N2. The van der Waals surface area contributed by atoms with Crippen molar-refractivity contribution < 1.29 is 0 Å². The highest BCUT2D eigenvalue weighted by Gasteiger charge is 2.02. The Hall–Kier alpha value is -1.41. The molecule has 1 aromatic heterocycles. The summed E-state index contributed by atoms with van der Waals surface area (Å²) in [6.07, 6.45) is 4.78. The number of hydrogen-bond acceptors (Lipinski definition) is 2. The Labute approximate surface area is 90.1 Å². The zero-order valence-electron chi connectivity index (χ0n) is 8.98. The molecular weight excluding hydrogens is 184 g/mol. The van der Waals surface area contributed by atoms with Gasteiger partial charge in [0.05, 0.1) is 0 Å². The van der Waals surface area contributed by atoms with Crippen LogP contribution in [0, 0.1) is 5.92 Å². The molecule has 1 atom stereocenters. The van der Waals surface area contributed by atoms with Gasteiger partial charge >= 0.3 is 0 Å². The van der Waals surface area contributed by atoms with Crippen LogP contribution in [-0.4, -0.2) is 11.5 Å². The minimum atomic E-state index is 0.541. The van der Waals surface area contributed by atoms with Crippen LogP contribution in [0.15, 0.2) is 36.7 Å². The Morgan fingerprint density at radius 1 is 1.27 bits per heavy atom. The molecule has 1 unspecified atom stereocenters. The summed E-state index contributed by atoms with van der Waals surface area (Å²) in [5, 5.41) is 2.45. The molecule has 0 amide bonds. The summed E-state index contributed by atoms with van der Waals surface area (Å²) in [7, 11) is 0. The van der Waals surface area contributed by atoms with Gasteiger partial charge in [0.1, 0.15) is 0 Å². The normalized spacial score (nSPS) is 12.9. The smallest absolute Gasteiger partial charge is 0.0346 e. The van der Waals surface area contributed by atoms with Crippen LogP contribution in [0.3, 0.4) is 0 Å². The van der Waals surface area contributed by atoms with E-state index in [1.165, 1.54) is 16.3 Å². The summed E-state index contributed by atoms with van der Waals surface area (Å²) in [5.41, 5.74) is 6.96. The summed E-state index contributed by atoms with van der Waals surface area (Å²) in [6, 6.07) is 8.56. The van der Waals surface area contributed by atoms with Crippen molar-refractivity contribution in [1.29, 1.82) is 0 Å². The monoisotopic (exact) mass is 200 g/mol. The first-order valence-electron chi connectivity index (χ1n) is 5.32. The second-order valence-corrected chi connectivity index (χ2v) is 4.10. The first-order chi connectivity index (χ1) is 7.29. The van der Waals surface area contributed by atoms with Crippen LogP contribution in [0.4, 0.5) is 0 Å². The van der Waals surface area contributed by atoms with E-state index in [0.29, 0.717) is 5.92 Å². The molecule has 2 heteroatoms. The van der Waals surface area contributed by atoms with Gasteiger partial charge in [0.25, 0.3) is 0 Å². The molecule has 2 nitrogen and oxygen atoms in total. The Bertz CT molecular complexity index is 451. The number of nitrogens with zero attached hydrogens (tertiary/aromatic N) is 1. The molecule has 2 N–H and O–H groups in total. The van der Waals surface area contributed by atoms with Crippen LogP contribution in [0.1, 0.15) is 12.5 Å². The highest BCUT2D eigenvalue weighted by molar-refractivity contribution is 5.81. The van der Waals surface area contributed by atoms with Crippen molar-refractivity contribution in [2.75, 3.05) is 6.54 Å². The van der Waals surface area contributed by atoms with Gasteiger partial charge in [-0.1, -0.05) is 19.1 Å². The van der Waals surface area contributed by atoms with Gasteiger partial charge in [0.15, 0.2) is 0 Å². The third kappa shape index (κ3) is 2.34. The van der Waals surface area contributed by atoms with Gasteiger partial charge in [0.2, 0.25) is 0 Å². The lowest BCUT2D eigenvalue weighted by Gasteiger charge is -2.08. The summed E-state index contributed by atoms with van der Waals surface area (Å²) in [6.45, 7) is 2.92. The van der Waals surface area contributed by atoms with Crippen LogP contribution in [0.5, 0.6) is 0 Å². The van der Waals surface area contributed by atoms with Gasteiger partial charge < -0.3 is 5.73 Å². The van der Waals surface area contributed by atoms with Gasteiger partial charge in [-0.25, -0.2) is 0 Å². The van der Waals surface area contributed by atoms with Crippen LogP contribution in [0.2, 0.25) is 0 Å². The molecule has 0 radical (unpaired) electrons. The molecule has 0 bridgehead atoms. The lowest BCUT2D eigenvalue weighted by atomic mass is 9.99. The van der Waals surface area contributed by atoms with Gasteiger partial charge in [-0.05, 0) is 42.0 Å². The van der Waals surface area contributed by atoms with E-state index in [4.69, 9.17) is 5.73 Å². The molecule has 1 aromatic carbocycles. The van der Waals surface area contributed by atoms with E-state index < -0.39 is 0 Å². The third-order valence-electron chi connectivity index (χ3n) is 2.69. The fraction of sp³-hybridized carbons (Fsp3) is 0.308. The van der Waals surface area contributed by atoms with Crippen LogP contribution in [0.25, 0.3) is 10.8 Å². The largest absolute Gasteiger partial charge is 0.330 e. The van der Waals surface area contributed by atoms with Gasteiger partial charge in [-0.2, -0.15) is 0 Å². The molecule has 0 aliphatic carbocycles. The zero-order valence-corrected chi connectivity index (χ0v) is 8.98. The Kier molecular flexibility index (Phi) is 2.97.